The molecule has 5 nitrogen and oxygen atoms in total. The van der Waals surface area contributed by atoms with E-state index in [0.717, 1.165) is 5.56 Å². The summed E-state index contributed by atoms with van der Waals surface area (Å²) in [5.41, 5.74) is 12.4. The van der Waals surface area contributed by atoms with Crippen molar-refractivity contribution in [3.05, 3.63) is 29.3 Å². The number of hydrogen-bond donors (Lipinski definition) is 3. The first kappa shape index (κ1) is 12.2. The molecule has 0 spiro atoms. The summed E-state index contributed by atoms with van der Waals surface area (Å²) in [5.74, 6) is -1.54. The summed E-state index contributed by atoms with van der Waals surface area (Å²) in [6.45, 7) is 1.75. The van der Waals surface area contributed by atoms with Crippen LogP contribution < -0.4 is 11.5 Å². The van der Waals surface area contributed by atoms with Crippen LogP contribution in [0.25, 0.3) is 0 Å². The van der Waals surface area contributed by atoms with Crippen molar-refractivity contribution in [1.29, 1.82) is 0 Å². The summed E-state index contributed by atoms with van der Waals surface area (Å²) >= 11 is 0. The maximum atomic E-state index is 11.8. The summed E-state index contributed by atoms with van der Waals surface area (Å²) in [4.78, 5) is 22.3. The van der Waals surface area contributed by atoms with E-state index < -0.39 is 12.0 Å². The third-order valence-corrected chi connectivity index (χ3v) is 2.31. The van der Waals surface area contributed by atoms with Crippen LogP contribution in [-0.2, 0) is 4.79 Å². The van der Waals surface area contributed by atoms with Gasteiger partial charge in [-0.3, -0.25) is 9.59 Å². The molecule has 1 unspecified atom stereocenters. The third kappa shape index (κ3) is 2.58. The molecule has 16 heavy (non-hydrogen) atoms. The van der Waals surface area contributed by atoms with Gasteiger partial charge in [0.15, 0.2) is 5.78 Å². The van der Waals surface area contributed by atoms with Gasteiger partial charge < -0.3 is 16.6 Å². The Labute approximate surface area is 93.1 Å². The quantitative estimate of drug-likeness (QED) is 0.509. The van der Waals surface area contributed by atoms with Crippen molar-refractivity contribution >= 4 is 17.4 Å². The van der Waals surface area contributed by atoms with Gasteiger partial charge in [0.25, 0.3) is 0 Å². The van der Waals surface area contributed by atoms with Gasteiger partial charge in [0, 0.05) is 17.7 Å². The summed E-state index contributed by atoms with van der Waals surface area (Å²) in [6.07, 6.45) is -0.246. The molecule has 1 aromatic rings. The molecule has 0 aliphatic heterocycles. The highest BCUT2D eigenvalue weighted by Gasteiger charge is 2.20. The molecule has 0 fully saturated rings. The minimum absolute atomic E-state index is 0.246. The fraction of sp³-hybridized carbons (Fsp3) is 0.273. The largest absolute Gasteiger partial charge is 0.480 e. The number of hydrogen-bond acceptors (Lipinski definition) is 4. The summed E-state index contributed by atoms with van der Waals surface area (Å²) in [6, 6.07) is 3.90. The molecular formula is C11H14N2O3. The van der Waals surface area contributed by atoms with Gasteiger partial charge in [-0.15, -0.1) is 0 Å². The number of Topliss-reactive ketones (excluding diaryl/α,β-unsaturated/α-hetero) is 1. The zero-order chi connectivity index (χ0) is 12.3. The van der Waals surface area contributed by atoms with Crippen LogP contribution >= 0.6 is 0 Å². The molecule has 5 N–H and O–H groups in total. The summed E-state index contributed by atoms with van der Waals surface area (Å²) in [7, 11) is 0. The summed E-state index contributed by atoms with van der Waals surface area (Å²) < 4.78 is 0. The lowest BCUT2D eigenvalue weighted by molar-refractivity contribution is -0.138. The van der Waals surface area contributed by atoms with E-state index in [1.54, 1.807) is 25.1 Å². The number of ketones is 1. The Balaban J connectivity index is 2.93. The third-order valence-electron chi connectivity index (χ3n) is 2.31. The molecule has 1 rings (SSSR count). The molecule has 0 amide bonds. The molecule has 1 aromatic carbocycles. The van der Waals surface area contributed by atoms with E-state index in [1.807, 2.05) is 0 Å². The van der Waals surface area contributed by atoms with Gasteiger partial charge in [-0.2, -0.15) is 0 Å². The lowest BCUT2D eigenvalue weighted by Crippen LogP contribution is -2.32. The second kappa shape index (κ2) is 4.76. The van der Waals surface area contributed by atoms with Crippen molar-refractivity contribution in [3.8, 4) is 0 Å². The fourth-order valence-electron chi connectivity index (χ4n) is 1.46. The zero-order valence-corrected chi connectivity index (χ0v) is 8.93. The van der Waals surface area contributed by atoms with Crippen molar-refractivity contribution < 1.29 is 14.7 Å². The number of anilines is 1. The minimum atomic E-state index is -1.19. The van der Waals surface area contributed by atoms with Crippen molar-refractivity contribution in [2.75, 3.05) is 5.73 Å². The van der Waals surface area contributed by atoms with Crippen LogP contribution in [0.3, 0.4) is 0 Å². The van der Waals surface area contributed by atoms with Gasteiger partial charge in [-0.05, 0) is 18.6 Å². The molecule has 86 valence electrons. The lowest BCUT2D eigenvalue weighted by Gasteiger charge is -2.10. The van der Waals surface area contributed by atoms with E-state index in [0.29, 0.717) is 11.3 Å². The SMILES string of the molecule is Cc1cccc(N)c1C(=O)CC(N)C(=O)O. The predicted molar refractivity (Wildman–Crippen MR) is 60.2 cm³/mol. The topological polar surface area (TPSA) is 106 Å². The maximum Gasteiger partial charge on any atom is 0.320 e. The highest BCUT2D eigenvalue weighted by atomic mass is 16.4. The van der Waals surface area contributed by atoms with Crippen molar-refractivity contribution in [2.45, 2.75) is 19.4 Å². The average molecular weight is 222 g/mol. The van der Waals surface area contributed by atoms with E-state index in [-0.39, 0.29) is 12.2 Å². The van der Waals surface area contributed by atoms with Crippen molar-refractivity contribution in [2.24, 2.45) is 5.73 Å². The Morgan fingerprint density at radius 1 is 1.44 bits per heavy atom. The molecule has 1 atom stereocenters. The number of aliphatic carboxylic acids is 1. The predicted octanol–water partition coefficient (Wildman–Crippen LogP) is 0.562. The number of carboxylic acid groups (broad SMARTS) is 1. The average Bonchev–Trinajstić information content (AvgIpc) is 2.16. The number of aryl methyl sites for hydroxylation is 1. The van der Waals surface area contributed by atoms with Crippen LogP contribution in [0.4, 0.5) is 5.69 Å². The molecule has 0 bridgehead atoms. The lowest BCUT2D eigenvalue weighted by atomic mass is 9.98. The number of rotatable bonds is 4. The van der Waals surface area contributed by atoms with Crippen LogP contribution in [0.2, 0.25) is 0 Å². The Morgan fingerprint density at radius 3 is 2.56 bits per heavy atom. The van der Waals surface area contributed by atoms with Crippen LogP contribution in [0.5, 0.6) is 0 Å². The monoisotopic (exact) mass is 222 g/mol. The summed E-state index contributed by atoms with van der Waals surface area (Å²) in [5, 5.41) is 8.61. The molecule has 0 heterocycles. The number of carbonyl (C=O) groups is 2. The van der Waals surface area contributed by atoms with Gasteiger partial charge in [-0.25, -0.2) is 0 Å². The molecule has 0 saturated carbocycles. The van der Waals surface area contributed by atoms with E-state index in [4.69, 9.17) is 16.6 Å². The van der Waals surface area contributed by atoms with Crippen LogP contribution in [0.15, 0.2) is 18.2 Å². The maximum absolute atomic E-state index is 11.8. The normalized spacial score (nSPS) is 12.1. The first-order valence-electron chi connectivity index (χ1n) is 4.80. The van der Waals surface area contributed by atoms with E-state index in [1.165, 1.54) is 0 Å². The minimum Gasteiger partial charge on any atom is -0.480 e. The van der Waals surface area contributed by atoms with Gasteiger partial charge in [0.2, 0.25) is 0 Å². The Morgan fingerprint density at radius 2 is 2.06 bits per heavy atom. The molecule has 0 aliphatic rings. The Hall–Kier alpha value is -1.88. The van der Waals surface area contributed by atoms with Crippen LogP contribution in [0.1, 0.15) is 22.3 Å². The molecule has 0 aromatic heterocycles. The number of carbonyl (C=O) groups excluding carboxylic acids is 1. The van der Waals surface area contributed by atoms with Crippen molar-refractivity contribution in [1.82, 2.24) is 0 Å². The number of nitrogens with two attached hydrogens (primary N) is 2. The second-order valence-electron chi connectivity index (χ2n) is 3.61. The van der Waals surface area contributed by atoms with E-state index in [9.17, 15) is 9.59 Å². The van der Waals surface area contributed by atoms with Gasteiger partial charge >= 0.3 is 5.97 Å². The zero-order valence-electron chi connectivity index (χ0n) is 8.93. The smallest absolute Gasteiger partial charge is 0.320 e. The molecular weight excluding hydrogens is 208 g/mol. The van der Waals surface area contributed by atoms with Gasteiger partial charge in [-0.1, -0.05) is 12.1 Å². The molecule has 5 heteroatoms. The first-order valence-corrected chi connectivity index (χ1v) is 4.80. The van der Waals surface area contributed by atoms with E-state index >= 15 is 0 Å². The van der Waals surface area contributed by atoms with Crippen molar-refractivity contribution in [3.63, 3.8) is 0 Å². The Bertz CT molecular complexity index is 409. The standard InChI is InChI=1S/C11H14N2O3/c1-6-3-2-4-7(12)10(6)9(14)5-8(13)11(15)16/h2-4,8H,5,12-13H2,1H3,(H,15,16). The van der Waals surface area contributed by atoms with Crippen LogP contribution in [-0.4, -0.2) is 22.9 Å². The number of benzene rings is 1. The molecule has 0 aliphatic carbocycles. The second-order valence-corrected chi connectivity index (χ2v) is 3.61. The van der Waals surface area contributed by atoms with Gasteiger partial charge in [0.05, 0.1) is 0 Å². The van der Waals surface area contributed by atoms with Crippen LogP contribution in [0, 0.1) is 6.92 Å². The fourth-order valence-corrected chi connectivity index (χ4v) is 1.46. The Kier molecular flexibility index (Phi) is 3.63. The first-order chi connectivity index (χ1) is 7.43. The highest BCUT2D eigenvalue weighted by molar-refractivity contribution is 6.03. The number of carboxylic acids is 1. The van der Waals surface area contributed by atoms with E-state index in [2.05, 4.69) is 0 Å². The van der Waals surface area contributed by atoms with Gasteiger partial charge in [0.1, 0.15) is 6.04 Å². The number of nitrogen functional groups attached to an aromatic ring is 1. The highest BCUT2D eigenvalue weighted by Crippen LogP contribution is 2.18. The molecule has 0 saturated heterocycles. The molecule has 0 radical (unpaired) electrons.